The molecule has 2 atom stereocenters. The number of nitrogen functional groups attached to an aromatic ring is 1. The Balaban J connectivity index is 1.49. The third kappa shape index (κ3) is 4.08. The van der Waals surface area contributed by atoms with E-state index in [0.29, 0.717) is 16.8 Å². The molecule has 2 heterocycles. The molecule has 0 radical (unpaired) electrons. The minimum Gasteiger partial charge on any atom is -0.493 e. The lowest BCUT2D eigenvalue weighted by Crippen LogP contribution is -2.50. The molecule has 0 amide bonds. The van der Waals surface area contributed by atoms with Crippen LogP contribution in [-0.4, -0.2) is 31.1 Å². The Kier molecular flexibility index (Phi) is 5.70. The van der Waals surface area contributed by atoms with Crippen LogP contribution in [0.1, 0.15) is 29.6 Å². The summed E-state index contributed by atoms with van der Waals surface area (Å²) in [5.74, 6) is 1.01. The first-order valence-corrected chi connectivity index (χ1v) is 11.4. The van der Waals surface area contributed by atoms with Gasteiger partial charge >= 0.3 is 0 Å². The van der Waals surface area contributed by atoms with Gasteiger partial charge in [-0.2, -0.15) is 0 Å². The van der Waals surface area contributed by atoms with E-state index >= 15 is 0 Å². The molecule has 1 fully saturated rings. The summed E-state index contributed by atoms with van der Waals surface area (Å²) in [6.45, 7) is 3.46. The number of piperazine rings is 1. The Morgan fingerprint density at radius 1 is 0.903 bits per heavy atom. The molecule has 160 valence electrons. The van der Waals surface area contributed by atoms with Gasteiger partial charge in [-0.05, 0) is 42.0 Å². The highest BCUT2D eigenvalue weighted by Crippen LogP contribution is 2.41. The molecule has 2 aliphatic heterocycles. The van der Waals surface area contributed by atoms with E-state index in [-0.39, 0.29) is 6.04 Å². The van der Waals surface area contributed by atoms with E-state index < -0.39 is 0 Å². The Hall–Kier alpha value is -2.40. The second-order valence-corrected chi connectivity index (χ2v) is 9.00. The third-order valence-electron chi connectivity index (χ3n) is 6.32. The molecule has 3 aromatic carbocycles. The number of para-hydroxylation sites is 1. The summed E-state index contributed by atoms with van der Waals surface area (Å²) >= 11 is 12.8. The van der Waals surface area contributed by atoms with Crippen LogP contribution in [0.5, 0.6) is 5.75 Å². The summed E-state index contributed by atoms with van der Waals surface area (Å²) in [6.07, 6.45) is 0.993. The van der Waals surface area contributed by atoms with Crippen molar-refractivity contribution in [2.45, 2.75) is 18.5 Å². The van der Waals surface area contributed by atoms with Crippen molar-refractivity contribution in [3.8, 4) is 5.75 Å². The number of fused-ring (bicyclic) bond motifs is 1. The van der Waals surface area contributed by atoms with E-state index in [1.807, 2.05) is 36.4 Å². The van der Waals surface area contributed by atoms with E-state index in [0.717, 1.165) is 49.1 Å². The largest absolute Gasteiger partial charge is 0.493 e. The second kappa shape index (κ2) is 8.62. The SMILES string of the molecule is Nc1ccc(N2CCN(C3CCOc4ccccc43)C[C@H]2c2ccc(Cl)cc2)c(Cl)c1. The molecule has 0 aromatic heterocycles. The zero-order valence-corrected chi connectivity index (χ0v) is 18.7. The molecule has 1 saturated heterocycles. The van der Waals surface area contributed by atoms with Crippen molar-refractivity contribution in [2.24, 2.45) is 0 Å². The van der Waals surface area contributed by atoms with Crippen LogP contribution in [0.4, 0.5) is 11.4 Å². The third-order valence-corrected chi connectivity index (χ3v) is 6.87. The highest BCUT2D eigenvalue weighted by atomic mass is 35.5. The van der Waals surface area contributed by atoms with Gasteiger partial charge in [-0.1, -0.05) is 53.5 Å². The van der Waals surface area contributed by atoms with Crippen molar-refractivity contribution in [3.05, 3.63) is 87.9 Å². The van der Waals surface area contributed by atoms with Crippen LogP contribution in [0.2, 0.25) is 10.0 Å². The fourth-order valence-electron chi connectivity index (χ4n) is 4.80. The highest BCUT2D eigenvalue weighted by Gasteiger charge is 2.35. The van der Waals surface area contributed by atoms with Crippen LogP contribution < -0.4 is 15.4 Å². The fraction of sp³-hybridized carbons (Fsp3) is 0.280. The number of ether oxygens (including phenoxy) is 1. The smallest absolute Gasteiger partial charge is 0.124 e. The van der Waals surface area contributed by atoms with Crippen molar-refractivity contribution in [1.82, 2.24) is 4.90 Å². The summed E-state index contributed by atoms with van der Waals surface area (Å²) in [7, 11) is 0. The van der Waals surface area contributed by atoms with E-state index in [1.165, 1.54) is 11.1 Å². The average molecular weight is 454 g/mol. The summed E-state index contributed by atoms with van der Waals surface area (Å²) in [6, 6.07) is 22.8. The lowest BCUT2D eigenvalue weighted by atomic mass is 9.95. The van der Waals surface area contributed by atoms with Crippen LogP contribution in [0.25, 0.3) is 0 Å². The van der Waals surface area contributed by atoms with Crippen LogP contribution >= 0.6 is 23.2 Å². The number of halogens is 2. The molecule has 0 bridgehead atoms. The first-order valence-electron chi connectivity index (χ1n) is 10.6. The van der Waals surface area contributed by atoms with Crippen molar-refractivity contribution < 1.29 is 4.74 Å². The Bertz CT molecular complexity index is 1070. The van der Waals surface area contributed by atoms with E-state index in [2.05, 4.69) is 40.1 Å². The first kappa shape index (κ1) is 20.5. The molecule has 31 heavy (non-hydrogen) atoms. The lowest BCUT2D eigenvalue weighted by molar-refractivity contribution is 0.117. The zero-order valence-electron chi connectivity index (χ0n) is 17.2. The standard InChI is InChI=1S/C25H25Cl2N3O/c26-18-7-5-17(6-8-18)24-16-29(22-11-14-31-25-4-2-1-3-20(22)25)12-13-30(24)23-10-9-19(28)15-21(23)27/h1-10,15,22,24H,11-14,16,28H2/t22?,24-/m0/s1. The Morgan fingerprint density at radius 2 is 1.71 bits per heavy atom. The molecular weight excluding hydrogens is 429 g/mol. The second-order valence-electron chi connectivity index (χ2n) is 8.16. The number of benzene rings is 3. The fourth-order valence-corrected chi connectivity index (χ4v) is 5.23. The predicted octanol–water partition coefficient (Wildman–Crippen LogP) is 5.96. The zero-order chi connectivity index (χ0) is 21.4. The summed E-state index contributed by atoms with van der Waals surface area (Å²) in [5, 5.41) is 1.43. The molecule has 0 aliphatic carbocycles. The van der Waals surface area contributed by atoms with Crippen molar-refractivity contribution in [3.63, 3.8) is 0 Å². The number of nitrogens with zero attached hydrogens (tertiary/aromatic N) is 2. The lowest BCUT2D eigenvalue weighted by Gasteiger charge is -2.47. The van der Waals surface area contributed by atoms with Gasteiger partial charge in [0.2, 0.25) is 0 Å². The molecule has 3 aromatic rings. The van der Waals surface area contributed by atoms with Gasteiger partial charge in [0.05, 0.1) is 23.4 Å². The minimum absolute atomic E-state index is 0.155. The van der Waals surface area contributed by atoms with Gasteiger partial charge < -0.3 is 15.4 Å². The average Bonchev–Trinajstić information content (AvgIpc) is 2.79. The van der Waals surface area contributed by atoms with Gasteiger partial charge in [-0.25, -0.2) is 0 Å². The quantitative estimate of drug-likeness (QED) is 0.496. The number of rotatable bonds is 3. The number of hydrogen-bond donors (Lipinski definition) is 1. The molecule has 2 aliphatic rings. The number of hydrogen-bond acceptors (Lipinski definition) is 4. The van der Waals surface area contributed by atoms with Crippen molar-refractivity contribution in [1.29, 1.82) is 0 Å². The first-order chi connectivity index (χ1) is 15.1. The van der Waals surface area contributed by atoms with E-state index in [1.54, 1.807) is 0 Å². The summed E-state index contributed by atoms with van der Waals surface area (Å²) in [4.78, 5) is 4.98. The monoisotopic (exact) mass is 453 g/mol. The van der Waals surface area contributed by atoms with Gasteiger partial charge in [0, 0.05) is 48.4 Å². The Labute approximate surface area is 193 Å². The van der Waals surface area contributed by atoms with Gasteiger partial charge in [-0.15, -0.1) is 0 Å². The molecule has 5 rings (SSSR count). The predicted molar refractivity (Wildman–Crippen MR) is 128 cm³/mol. The molecule has 0 spiro atoms. The highest BCUT2D eigenvalue weighted by molar-refractivity contribution is 6.33. The molecule has 4 nitrogen and oxygen atoms in total. The molecule has 6 heteroatoms. The molecular formula is C25H25Cl2N3O. The van der Waals surface area contributed by atoms with Gasteiger partial charge in [-0.3, -0.25) is 4.90 Å². The van der Waals surface area contributed by atoms with Gasteiger partial charge in [0.1, 0.15) is 5.75 Å². The van der Waals surface area contributed by atoms with Crippen molar-refractivity contribution in [2.75, 3.05) is 36.9 Å². The minimum atomic E-state index is 0.155. The van der Waals surface area contributed by atoms with Crippen LogP contribution in [0.3, 0.4) is 0 Å². The topological polar surface area (TPSA) is 41.7 Å². The molecule has 0 saturated carbocycles. The van der Waals surface area contributed by atoms with Gasteiger partial charge in [0.25, 0.3) is 0 Å². The van der Waals surface area contributed by atoms with Crippen LogP contribution in [0.15, 0.2) is 66.7 Å². The summed E-state index contributed by atoms with van der Waals surface area (Å²) < 4.78 is 5.91. The maximum absolute atomic E-state index is 6.62. The molecule has 2 N–H and O–H groups in total. The maximum Gasteiger partial charge on any atom is 0.124 e. The maximum atomic E-state index is 6.62. The molecule has 1 unspecified atom stereocenters. The normalized spacial score (nSPS) is 21.4. The van der Waals surface area contributed by atoms with Crippen LogP contribution in [0, 0.1) is 0 Å². The van der Waals surface area contributed by atoms with Crippen LogP contribution in [-0.2, 0) is 0 Å². The Morgan fingerprint density at radius 3 is 2.52 bits per heavy atom. The number of anilines is 2. The van der Waals surface area contributed by atoms with E-state index in [4.69, 9.17) is 33.7 Å². The van der Waals surface area contributed by atoms with Gasteiger partial charge in [0.15, 0.2) is 0 Å². The number of nitrogens with two attached hydrogens (primary N) is 1. The van der Waals surface area contributed by atoms with Crippen molar-refractivity contribution >= 4 is 34.6 Å². The van der Waals surface area contributed by atoms with E-state index in [9.17, 15) is 0 Å². The summed E-state index contributed by atoms with van der Waals surface area (Å²) in [5.41, 5.74) is 10.1.